The summed E-state index contributed by atoms with van der Waals surface area (Å²) in [6.07, 6.45) is 7.56. The van der Waals surface area contributed by atoms with Crippen LogP contribution in [-0.2, 0) is 11.2 Å². The maximum atomic E-state index is 8.64. The lowest BCUT2D eigenvalue weighted by Crippen LogP contribution is -2.37. The summed E-state index contributed by atoms with van der Waals surface area (Å²) in [7, 11) is 0. The van der Waals surface area contributed by atoms with Crippen LogP contribution in [0.25, 0.3) is 0 Å². The number of pyridine rings is 1. The number of morpholine rings is 1. The van der Waals surface area contributed by atoms with Crippen LogP contribution >= 0.6 is 0 Å². The molecule has 2 aromatic heterocycles. The van der Waals surface area contributed by atoms with E-state index in [1.165, 1.54) is 0 Å². The van der Waals surface area contributed by atoms with E-state index in [2.05, 4.69) is 15.2 Å². The van der Waals surface area contributed by atoms with Crippen molar-refractivity contribution in [2.45, 2.75) is 6.42 Å². The summed E-state index contributed by atoms with van der Waals surface area (Å²) in [6.45, 7) is 3.32. The SMILES string of the molecule is N=C(/C=C\Nc1ccccc1)N1CCc2c(Oc3cccnc3)nc(N3CCOCC3)nc21. The predicted molar refractivity (Wildman–Crippen MR) is 127 cm³/mol. The number of aromatic nitrogens is 3. The minimum atomic E-state index is 0.344. The highest BCUT2D eigenvalue weighted by atomic mass is 16.5. The van der Waals surface area contributed by atoms with E-state index in [1.807, 2.05) is 47.4 Å². The number of ether oxygens (including phenoxy) is 2. The maximum absolute atomic E-state index is 8.64. The van der Waals surface area contributed by atoms with Crippen LogP contribution in [0.3, 0.4) is 0 Å². The number of hydrogen-bond acceptors (Lipinski definition) is 8. The lowest BCUT2D eigenvalue weighted by atomic mass is 10.2. The van der Waals surface area contributed by atoms with E-state index >= 15 is 0 Å². The average molecular weight is 444 g/mol. The first-order valence-corrected chi connectivity index (χ1v) is 10.9. The summed E-state index contributed by atoms with van der Waals surface area (Å²) in [6, 6.07) is 13.5. The molecule has 2 aliphatic rings. The van der Waals surface area contributed by atoms with Gasteiger partial charge in [-0.1, -0.05) is 18.2 Å². The highest BCUT2D eigenvalue weighted by molar-refractivity contribution is 6.04. The molecule has 0 spiro atoms. The third-order valence-electron chi connectivity index (χ3n) is 5.48. The van der Waals surface area contributed by atoms with E-state index in [0.29, 0.717) is 68.5 Å². The Morgan fingerprint density at radius 3 is 2.70 bits per heavy atom. The molecule has 1 saturated heterocycles. The van der Waals surface area contributed by atoms with Crippen molar-refractivity contribution in [1.82, 2.24) is 15.0 Å². The van der Waals surface area contributed by atoms with Gasteiger partial charge in [0.25, 0.3) is 0 Å². The second kappa shape index (κ2) is 9.66. The van der Waals surface area contributed by atoms with Crippen molar-refractivity contribution >= 4 is 23.3 Å². The van der Waals surface area contributed by atoms with Crippen LogP contribution in [0.1, 0.15) is 5.56 Å². The second-order valence-electron chi connectivity index (χ2n) is 7.65. The molecule has 0 atom stereocenters. The Bertz CT molecular complexity index is 1130. The largest absolute Gasteiger partial charge is 0.437 e. The molecule has 0 radical (unpaired) electrons. The van der Waals surface area contributed by atoms with E-state index in [-0.39, 0.29) is 0 Å². The molecule has 4 heterocycles. The van der Waals surface area contributed by atoms with Crippen LogP contribution in [0.5, 0.6) is 11.6 Å². The van der Waals surface area contributed by atoms with E-state index in [1.54, 1.807) is 24.7 Å². The molecule has 9 heteroatoms. The van der Waals surface area contributed by atoms with Crippen LogP contribution in [0, 0.1) is 5.41 Å². The minimum absolute atomic E-state index is 0.344. The first kappa shape index (κ1) is 20.9. The van der Waals surface area contributed by atoms with Crippen LogP contribution in [-0.4, -0.2) is 53.6 Å². The summed E-state index contributed by atoms with van der Waals surface area (Å²) < 4.78 is 11.6. The van der Waals surface area contributed by atoms with Crippen molar-refractivity contribution < 1.29 is 9.47 Å². The number of nitrogens with one attached hydrogen (secondary N) is 2. The molecule has 0 aliphatic carbocycles. The van der Waals surface area contributed by atoms with Crippen molar-refractivity contribution in [2.24, 2.45) is 0 Å². The minimum Gasteiger partial charge on any atom is -0.437 e. The zero-order chi connectivity index (χ0) is 22.5. The second-order valence-corrected chi connectivity index (χ2v) is 7.65. The molecule has 0 amide bonds. The lowest BCUT2D eigenvalue weighted by molar-refractivity contribution is 0.122. The number of rotatable bonds is 6. The quantitative estimate of drug-likeness (QED) is 0.441. The van der Waals surface area contributed by atoms with Gasteiger partial charge in [0.05, 0.1) is 25.0 Å². The summed E-state index contributed by atoms with van der Waals surface area (Å²) in [5, 5.41) is 11.8. The molecule has 5 rings (SSSR count). The van der Waals surface area contributed by atoms with Crippen LogP contribution in [0.2, 0.25) is 0 Å². The highest BCUT2D eigenvalue weighted by Crippen LogP contribution is 2.36. The van der Waals surface area contributed by atoms with Crippen molar-refractivity contribution in [1.29, 1.82) is 5.41 Å². The number of anilines is 3. The topological polar surface area (TPSA) is 99.5 Å². The van der Waals surface area contributed by atoms with Crippen molar-refractivity contribution in [3.05, 3.63) is 72.7 Å². The maximum Gasteiger partial charge on any atom is 0.230 e. The Kier molecular flexibility index (Phi) is 6.12. The number of nitrogens with zero attached hydrogens (tertiary/aromatic N) is 5. The molecule has 3 aromatic rings. The number of hydrogen-bond donors (Lipinski definition) is 2. The van der Waals surface area contributed by atoms with Gasteiger partial charge in [0.1, 0.15) is 17.4 Å². The normalized spacial score (nSPS) is 15.5. The van der Waals surface area contributed by atoms with Gasteiger partial charge in [-0.2, -0.15) is 9.97 Å². The molecular formula is C24H25N7O2. The average Bonchev–Trinajstić information content (AvgIpc) is 3.30. The summed E-state index contributed by atoms with van der Waals surface area (Å²) in [5.41, 5.74) is 1.86. The van der Waals surface area contributed by atoms with Gasteiger partial charge in [0.2, 0.25) is 11.8 Å². The van der Waals surface area contributed by atoms with Gasteiger partial charge >= 0.3 is 0 Å². The summed E-state index contributed by atoms with van der Waals surface area (Å²) >= 11 is 0. The highest BCUT2D eigenvalue weighted by Gasteiger charge is 2.30. The Morgan fingerprint density at radius 2 is 1.91 bits per heavy atom. The van der Waals surface area contributed by atoms with Crippen LogP contribution in [0.4, 0.5) is 17.5 Å². The first-order valence-electron chi connectivity index (χ1n) is 10.9. The van der Waals surface area contributed by atoms with Gasteiger partial charge in [-0.25, -0.2) is 0 Å². The number of amidine groups is 1. The fourth-order valence-corrected chi connectivity index (χ4v) is 3.80. The Morgan fingerprint density at radius 1 is 1.06 bits per heavy atom. The van der Waals surface area contributed by atoms with Crippen LogP contribution in [0.15, 0.2) is 67.1 Å². The zero-order valence-corrected chi connectivity index (χ0v) is 18.1. The molecule has 1 aromatic carbocycles. The molecule has 0 bridgehead atoms. The molecule has 168 valence electrons. The summed E-state index contributed by atoms with van der Waals surface area (Å²) in [4.78, 5) is 17.7. The Hall–Kier alpha value is -3.98. The van der Waals surface area contributed by atoms with Crippen molar-refractivity contribution in [2.75, 3.05) is 48.0 Å². The number of benzene rings is 1. The third kappa shape index (κ3) is 4.78. The Balaban J connectivity index is 1.42. The van der Waals surface area contributed by atoms with Crippen molar-refractivity contribution in [3.8, 4) is 11.6 Å². The predicted octanol–water partition coefficient (Wildman–Crippen LogP) is 3.47. The van der Waals surface area contributed by atoms with Gasteiger partial charge in [0, 0.05) is 37.7 Å². The van der Waals surface area contributed by atoms with Gasteiger partial charge < -0.3 is 24.6 Å². The number of para-hydroxylation sites is 1. The fraction of sp³-hybridized carbons (Fsp3) is 0.250. The molecular weight excluding hydrogens is 418 g/mol. The molecule has 2 N–H and O–H groups in total. The standard InChI is InChI=1S/C24H25N7O2/c25-21(8-11-27-18-5-2-1-3-6-18)31-12-9-20-22(31)28-24(30-13-15-32-16-14-30)29-23(20)33-19-7-4-10-26-17-19/h1-8,10-11,17,25,27H,9,12-16H2/b11-8-,25-21?. The Labute approximate surface area is 192 Å². The monoisotopic (exact) mass is 443 g/mol. The molecule has 9 nitrogen and oxygen atoms in total. The summed E-state index contributed by atoms with van der Waals surface area (Å²) in [5.74, 6) is 2.76. The van der Waals surface area contributed by atoms with E-state index < -0.39 is 0 Å². The molecule has 0 unspecified atom stereocenters. The van der Waals surface area contributed by atoms with Gasteiger partial charge in [-0.15, -0.1) is 0 Å². The van der Waals surface area contributed by atoms with Gasteiger partial charge in [-0.05, 0) is 36.8 Å². The van der Waals surface area contributed by atoms with Crippen LogP contribution < -0.4 is 19.9 Å². The zero-order valence-electron chi connectivity index (χ0n) is 18.1. The first-order chi connectivity index (χ1) is 16.3. The van der Waals surface area contributed by atoms with E-state index in [9.17, 15) is 0 Å². The van der Waals surface area contributed by atoms with Gasteiger partial charge in [0.15, 0.2) is 0 Å². The molecule has 1 fully saturated rings. The fourth-order valence-electron chi connectivity index (χ4n) is 3.80. The smallest absolute Gasteiger partial charge is 0.230 e. The van der Waals surface area contributed by atoms with Crippen molar-refractivity contribution in [3.63, 3.8) is 0 Å². The molecule has 33 heavy (non-hydrogen) atoms. The van der Waals surface area contributed by atoms with E-state index in [4.69, 9.17) is 24.9 Å². The molecule has 0 saturated carbocycles. The van der Waals surface area contributed by atoms with E-state index in [0.717, 1.165) is 11.3 Å². The number of fused-ring (bicyclic) bond motifs is 1. The third-order valence-corrected chi connectivity index (χ3v) is 5.48. The molecule has 2 aliphatic heterocycles. The lowest BCUT2D eigenvalue weighted by Gasteiger charge is -2.28. The van der Waals surface area contributed by atoms with Gasteiger partial charge in [-0.3, -0.25) is 10.4 Å².